The number of ether oxygens (including phenoxy) is 2. The molecule has 0 aliphatic carbocycles. The van der Waals surface area contributed by atoms with E-state index in [9.17, 15) is 9.59 Å². The van der Waals surface area contributed by atoms with Crippen molar-refractivity contribution in [2.45, 2.75) is 6.92 Å². The molecule has 0 radical (unpaired) electrons. The van der Waals surface area contributed by atoms with Gasteiger partial charge in [0, 0.05) is 24.0 Å². The number of aromatic amines is 1. The highest BCUT2D eigenvalue weighted by molar-refractivity contribution is 7.19. The molecule has 0 atom stereocenters. The van der Waals surface area contributed by atoms with Crippen molar-refractivity contribution >= 4 is 57.3 Å². The van der Waals surface area contributed by atoms with Gasteiger partial charge in [-0.1, -0.05) is 11.6 Å². The van der Waals surface area contributed by atoms with Gasteiger partial charge in [0.25, 0.3) is 5.91 Å². The summed E-state index contributed by atoms with van der Waals surface area (Å²) in [5.41, 5.74) is 3.73. The average molecular weight is 483 g/mol. The first-order valence-corrected chi connectivity index (χ1v) is 11.4. The lowest BCUT2D eigenvalue weighted by Gasteiger charge is -2.28. The molecule has 2 amide bonds. The fraction of sp³-hybridized carbons (Fsp3) is 0.174. The van der Waals surface area contributed by atoms with Gasteiger partial charge in [-0.3, -0.25) is 10.1 Å². The second-order valence-electron chi connectivity index (χ2n) is 7.48. The number of nitrogens with zero attached hydrogens (tertiary/aromatic N) is 2. The summed E-state index contributed by atoms with van der Waals surface area (Å²) in [6.45, 7) is 2.97. The number of carbonyl (C=O) groups excluding carboxylic acids is 2. The largest absolute Gasteiger partial charge is 0.417 e. The van der Waals surface area contributed by atoms with Crippen LogP contribution in [-0.2, 0) is 9.53 Å². The molecule has 3 heterocycles. The van der Waals surface area contributed by atoms with Crippen molar-refractivity contribution in [2.75, 3.05) is 30.0 Å². The van der Waals surface area contributed by atoms with Gasteiger partial charge in [0.15, 0.2) is 0 Å². The first-order chi connectivity index (χ1) is 16.0. The first-order valence-electron chi connectivity index (χ1n) is 10.2. The topological polar surface area (TPSA) is 96.5 Å². The Labute approximate surface area is 198 Å². The Bertz CT molecular complexity index is 1370. The molecule has 10 heteroatoms. The van der Waals surface area contributed by atoms with Gasteiger partial charge in [0.1, 0.15) is 18.2 Å². The molecule has 2 aromatic carbocycles. The molecule has 1 aliphatic heterocycles. The average Bonchev–Trinajstić information content (AvgIpc) is 3.40. The number of fused-ring (bicyclic) bond motifs is 1. The number of benzene rings is 2. The van der Waals surface area contributed by atoms with Crippen molar-refractivity contribution in [1.82, 2.24) is 9.97 Å². The molecule has 4 aromatic rings. The number of thiophene rings is 1. The summed E-state index contributed by atoms with van der Waals surface area (Å²) in [5.74, 6) is 0.996. The van der Waals surface area contributed by atoms with Crippen LogP contribution in [0.5, 0.6) is 5.75 Å². The van der Waals surface area contributed by atoms with E-state index in [1.165, 1.54) is 11.3 Å². The van der Waals surface area contributed by atoms with Crippen LogP contribution in [0.25, 0.3) is 21.7 Å². The van der Waals surface area contributed by atoms with Crippen LogP contribution in [0.15, 0.2) is 48.5 Å². The molecule has 0 saturated carbocycles. The second-order valence-corrected chi connectivity index (χ2v) is 9.20. The Morgan fingerprint density at radius 3 is 2.88 bits per heavy atom. The van der Waals surface area contributed by atoms with Crippen LogP contribution in [0.4, 0.5) is 16.2 Å². The third kappa shape index (κ3) is 4.56. The Balaban J connectivity index is 1.27. The standard InChI is InChI=1S/C23H19ClN4O4S/c1-13-10-14(2-5-18(13)28-8-9-31-12-21(28)29)25-23(30)32-15-3-4-16-17(11-15)27-22(26-16)19-6-7-20(24)33-19/h2-7,10-11H,8-9,12H2,1H3,(H,25,30)(H,26,27). The highest BCUT2D eigenvalue weighted by Crippen LogP contribution is 2.31. The maximum absolute atomic E-state index is 12.4. The number of rotatable bonds is 4. The highest BCUT2D eigenvalue weighted by Gasteiger charge is 2.21. The molecule has 33 heavy (non-hydrogen) atoms. The molecule has 2 N–H and O–H groups in total. The van der Waals surface area contributed by atoms with Gasteiger partial charge in [-0.2, -0.15) is 0 Å². The van der Waals surface area contributed by atoms with E-state index in [0.29, 0.717) is 40.3 Å². The van der Waals surface area contributed by atoms with Crippen molar-refractivity contribution < 1.29 is 19.1 Å². The van der Waals surface area contributed by atoms with Crippen molar-refractivity contribution in [2.24, 2.45) is 0 Å². The summed E-state index contributed by atoms with van der Waals surface area (Å²) in [6, 6.07) is 14.3. The molecule has 1 saturated heterocycles. The Morgan fingerprint density at radius 2 is 2.12 bits per heavy atom. The summed E-state index contributed by atoms with van der Waals surface area (Å²) in [4.78, 5) is 34.9. The maximum Gasteiger partial charge on any atom is 0.417 e. The number of imidazole rings is 1. The minimum absolute atomic E-state index is 0.0781. The van der Waals surface area contributed by atoms with Gasteiger partial charge in [-0.05, 0) is 55.0 Å². The van der Waals surface area contributed by atoms with E-state index in [4.69, 9.17) is 21.1 Å². The number of nitrogens with one attached hydrogen (secondary N) is 2. The number of anilines is 2. The summed E-state index contributed by atoms with van der Waals surface area (Å²) < 4.78 is 11.3. The van der Waals surface area contributed by atoms with E-state index in [2.05, 4.69) is 15.3 Å². The van der Waals surface area contributed by atoms with Crippen LogP contribution in [0.2, 0.25) is 4.34 Å². The molecule has 8 nitrogen and oxygen atoms in total. The van der Waals surface area contributed by atoms with E-state index in [-0.39, 0.29) is 12.5 Å². The Kier molecular flexibility index (Phi) is 5.76. The van der Waals surface area contributed by atoms with Crippen LogP contribution in [0.1, 0.15) is 5.56 Å². The van der Waals surface area contributed by atoms with E-state index in [1.54, 1.807) is 29.2 Å². The highest BCUT2D eigenvalue weighted by atomic mass is 35.5. The van der Waals surface area contributed by atoms with Crippen LogP contribution < -0.4 is 15.0 Å². The molecule has 2 aromatic heterocycles. The monoisotopic (exact) mass is 482 g/mol. The van der Waals surface area contributed by atoms with Crippen LogP contribution in [0, 0.1) is 6.92 Å². The maximum atomic E-state index is 12.4. The lowest BCUT2D eigenvalue weighted by molar-refractivity contribution is -0.125. The van der Waals surface area contributed by atoms with Gasteiger partial charge in [-0.25, -0.2) is 9.78 Å². The minimum atomic E-state index is -0.621. The number of hydrogen-bond acceptors (Lipinski definition) is 6. The van der Waals surface area contributed by atoms with Crippen LogP contribution in [0.3, 0.4) is 0 Å². The number of amides is 2. The minimum Gasteiger partial charge on any atom is -0.410 e. The quantitative estimate of drug-likeness (QED) is 0.415. The lowest BCUT2D eigenvalue weighted by atomic mass is 10.1. The number of aromatic nitrogens is 2. The predicted octanol–water partition coefficient (Wildman–Crippen LogP) is 5.23. The molecule has 5 rings (SSSR count). The van der Waals surface area contributed by atoms with Gasteiger partial charge in [0.05, 0.1) is 26.9 Å². The summed E-state index contributed by atoms with van der Waals surface area (Å²) >= 11 is 7.44. The Hall–Kier alpha value is -3.40. The zero-order valence-corrected chi connectivity index (χ0v) is 19.1. The van der Waals surface area contributed by atoms with Crippen molar-refractivity contribution in [3.05, 3.63) is 58.4 Å². The SMILES string of the molecule is Cc1cc(NC(=O)Oc2ccc3[nH]c(-c4ccc(Cl)s4)nc3c2)ccc1N1CCOCC1=O. The van der Waals surface area contributed by atoms with Crippen molar-refractivity contribution in [1.29, 1.82) is 0 Å². The molecular formula is C23H19ClN4O4S. The number of carbonyl (C=O) groups is 2. The number of hydrogen-bond donors (Lipinski definition) is 2. The fourth-order valence-electron chi connectivity index (χ4n) is 3.67. The zero-order valence-electron chi connectivity index (χ0n) is 17.6. The van der Waals surface area contributed by atoms with Crippen molar-refractivity contribution in [3.63, 3.8) is 0 Å². The van der Waals surface area contributed by atoms with Gasteiger partial charge >= 0.3 is 6.09 Å². The van der Waals surface area contributed by atoms with Crippen LogP contribution >= 0.6 is 22.9 Å². The van der Waals surface area contributed by atoms with E-state index >= 15 is 0 Å². The zero-order chi connectivity index (χ0) is 22.9. The normalized spacial score (nSPS) is 14.0. The van der Waals surface area contributed by atoms with Crippen molar-refractivity contribution in [3.8, 4) is 16.5 Å². The smallest absolute Gasteiger partial charge is 0.410 e. The van der Waals surface area contributed by atoms with Gasteiger partial charge < -0.3 is 19.4 Å². The first kappa shape index (κ1) is 21.4. The summed E-state index contributed by atoms with van der Waals surface area (Å²) in [5, 5.41) is 2.72. The molecule has 1 fully saturated rings. The number of halogens is 1. The third-order valence-electron chi connectivity index (χ3n) is 5.19. The number of aryl methyl sites for hydroxylation is 1. The third-order valence-corrected chi connectivity index (χ3v) is 6.43. The summed E-state index contributed by atoms with van der Waals surface area (Å²) in [7, 11) is 0. The van der Waals surface area contributed by atoms with Gasteiger partial charge in [0.2, 0.25) is 0 Å². The van der Waals surface area contributed by atoms with Gasteiger partial charge in [-0.15, -0.1) is 11.3 Å². The molecule has 0 spiro atoms. The van der Waals surface area contributed by atoms with E-state index in [1.807, 2.05) is 31.2 Å². The summed E-state index contributed by atoms with van der Waals surface area (Å²) in [6.07, 6.45) is -0.621. The number of morpholine rings is 1. The lowest BCUT2D eigenvalue weighted by Crippen LogP contribution is -2.42. The molecular weight excluding hydrogens is 464 g/mol. The Morgan fingerprint density at radius 1 is 1.24 bits per heavy atom. The molecule has 0 bridgehead atoms. The van der Waals surface area contributed by atoms with Crippen LogP contribution in [-0.4, -0.2) is 41.7 Å². The second kappa shape index (κ2) is 8.86. The molecule has 0 unspecified atom stereocenters. The molecule has 1 aliphatic rings. The fourth-order valence-corrected chi connectivity index (χ4v) is 4.65. The van der Waals surface area contributed by atoms with E-state index in [0.717, 1.165) is 21.6 Å². The number of H-pyrrole nitrogens is 1. The predicted molar refractivity (Wildman–Crippen MR) is 128 cm³/mol. The molecule has 168 valence electrons. The van der Waals surface area contributed by atoms with E-state index < -0.39 is 6.09 Å².